The number of ether oxygens (including phenoxy) is 5. The molecule has 44 heavy (non-hydrogen) atoms. The van der Waals surface area contributed by atoms with Gasteiger partial charge in [-0.1, -0.05) is 0 Å². The lowest BCUT2D eigenvalue weighted by atomic mass is 9.96. The highest BCUT2D eigenvalue weighted by molar-refractivity contribution is 5.71. The average molecular weight is 630 g/mol. The zero-order chi connectivity index (χ0) is 32.0. The molecule has 17 heteroatoms. The summed E-state index contributed by atoms with van der Waals surface area (Å²) in [4.78, 5) is 0. The maximum absolute atomic E-state index is 10.6. The highest BCUT2D eigenvalue weighted by atomic mass is 16.7. The van der Waals surface area contributed by atoms with Crippen molar-refractivity contribution in [2.24, 2.45) is 0 Å². The summed E-state index contributed by atoms with van der Waals surface area (Å²) in [6.45, 7) is -1.49. The summed E-state index contributed by atoms with van der Waals surface area (Å²) in [5, 5.41) is 121. The number of rotatable bonds is 7. The highest BCUT2D eigenvalue weighted by Crippen LogP contribution is 2.42. The summed E-state index contributed by atoms with van der Waals surface area (Å²) in [7, 11) is 0. The van der Waals surface area contributed by atoms with Gasteiger partial charge in [-0.2, -0.15) is 0 Å². The van der Waals surface area contributed by atoms with Gasteiger partial charge in [-0.25, -0.2) is 0 Å². The Balaban J connectivity index is 1.55. The van der Waals surface area contributed by atoms with Gasteiger partial charge in [-0.15, -0.1) is 0 Å². The minimum Gasteiger partial charge on any atom is -0.571 e. The molecule has 0 radical (unpaired) electrons. The molecule has 0 aromatic heterocycles. The number of allylic oxidation sites excluding steroid dienone is 2. The maximum Gasteiger partial charge on any atom is 0.305 e. The SMILES string of the molecule is OC[C@H]1O[C@@H](OC2=CC(O)=CC3[OH+]C(c4cc(O)c(O)c(O)c4)=C(O[C@H]4O[C@H](CO)[C@@H](O)[C@H](O)[C@H]4O)C=C23)[C@H](O)[C@@H](O)[C@@H]1O. The van der Waals surface area contributed by atoms with Crippen molar-refractivity contribution in [2.45, 2.75) is 67.5 Å². The molecule has 3 aliphatic heterocycles. The molecular formula is C27H33O17+. The molecule has 13 N–H and O–H groups in total. The van der Waals surface area contributed by atoms with Gasteiger partial charge in [0.2, 0.25) is 24.4 Å². The first-order chi connectivity index (χ1) is 20.8. The number of aromatic hydroxyl groups is 3. The van der Waals surface area contributed by atoms with Crippen molar-refractivity contribution >= 4 is 5.76 Å². The van der Waals surface area contributed by atoms with Gasteiger partial charge in [0.05, 0.1) is 30.4 Å². The third-order valence-electron chi connectivity index (χ3n) is 7.53. The van der Waals surface area contributed by atoms with Gasteiger partial charge >= 0.3 is 5.76 Å². The first-order valence-electron chi connectivity index (χ1n) is 13.3. The van der Waals surface area contributed by atoms with Crippen LogP contribution in [0, 0.1) is 0 Å². The Morgan fingerprint density at radius 3 is 1.73 bits per heavy atom. The van der Waals surface area contributed by atoms with Crippen LogP contribution in [-0.4, -0.2) is 147 Å². The zero-order valence-electron chi connectivity index (χ0n) is 22.6. The van der Waals surface area contributed by atoms with Gasteiger partial charge in [0.1, 0.15) is 60.4 Å². The molecule has 1 aromatic rings. The van der Waals surface area contributed by atoms with Crippen LogP contribution in [0.4, 0.5) is 0 Å². The van der Waals surface area contributed by atoms with Crippen molar-refractivity contribution in [3.63, 3.8) is 0 Å². The topological polar surface area (TPSA) is 292 Å². The van der Waals surface area contributed by atoms with Crippen LogP contribution >= 0.6 is 0 Å². The number of hydrogen-bond acceptors (Lipinski definition) is 16. The van der Waals surface area contributed by atoms with Gasteiger partial charge in [0, 0.05) is 24.3 Å². The molecule has 2 fully saturated rings. The zero-order valence-corrected chi connectivity index (χ0v) is 22.6. The van der Waals surface area contributed by atoms with Gasteiger partial charge in [0.25, 0.3) is 0 Å². The Labute approximate surface area is 247 Å². The molecule has 1 aliphatic carbocycles. The van der Waals surface area contributed by atoms with Gasteiger partial charge in [-0.3, -0.25) is 0 Å². The predicted octanol–water partition coefficient (Wildman–Crippen LogP) is -3.72. The largest absolute Gasteiger partial charge is 0.571 e. The Morgan fingerprint density at radius 2 is 1.20 bits per heavy atom. The Kier molecular flexibility index (Phi) is 8.96. The van der Waals surface area contributed by atoms with Crippen molar-refractivity contribution in [3.8, 4) is 17.2 Å². The molecular weight excluding hydrogens is 596 g/mol. The maximum atomic E-state index is 10.6. The second-order valence-electron chi connectivity index (χ2n) is 10.5. The first kappa shape index (κ1) is 31.8. The van der Waals surface area contributed by atoms with Crippen LogP contribution in [0.1, 0.15) is 5.56 Å². The molecule has 0 spiro atoms. The summed E-state index contributed by atoms with van der Waals surface area (Å²) in [6, 6.07) is 2.05. The second-order valence-corrected chi connectivity index (χ2v) is 10.5. The number of aliphatic hydroxyl groups excluding tert-OH is 9. The summed E-state index contributed by atoms with van der Waals surface area (Å²) < 4.78 is 26.9. The van der Waals surface area contributed by atoms with E-state index < -0.39 is 98.0 Å². The van der Waals surface area contributed by atoms with E-state index in [1.807, 2.05) is 0 Å². The van der Waals surface area contributed by atoms with E-state index in [9.17, 15) is 61.3 Å². The smallest absolute Gasteiger partial charge is 0.305 e. The summed E-state index contributed by atoms with van der Waals surface area (Å²) >= 11 is 0. The first-order valence-corrected chi connectivity index (χ1v) is 13.3. The number of aliphatic hydroxyl groups is 11. The van der Waals surface area contributed by atoms with E-state index in [1.165, 1.54) is 12.2 Å². The Morgan fingerprint density at radius 1 is 0.682 bits per heavy atom. The summed E-state index contributed by atoms with van der Waals surface area (Å²) in [5.41, 5.74) is 0.0851. The lowest BCUT2D eigenvalue weighted by molar-refractivity contribution is -0.292. The van der Waals surface area contributed by atoms with Crippen molar-refractivity contribution in [2.75, 3.05) is 13.2 Å². The van der Waals surface area contributed by atoms with Crippen LogP contribution in [0.5, 0.6) is 17.2 Å². The molecule has 11 atom stereocenters. The number of benzene rings is 1. The van der Waals surface area contributed by atoms with Gasteiger partial charge < -0.3 is 85.0 Å². The fourth-order valence-corrected chi connectivity index (χ4v) is 5.07. The van der Waals surface area contributed by atoms with Gasteiger partial charge in [0.15, 0.2) is 17.2 Å². The van der Waals surface area contributed by atoms with Crippen LogP contribution in [0.15, 0.2) is 53.2 Å². The number of fused-ring (bicyclic) bond motifs is 1. The van der Waals surface area contributed by atoms with Crippen molar-refractivity contribution in [3.05, 3.63) is 58.8 Å². The number of phenols is 3. The molecule has 0 bridgehead atoms. The number of hydrogen-bond donors (Lipinski definition) is 12. The quantitative estimate of drug-likeness (QED) is 0.102. The molecule has 1 unspecified atom stereocenters. The molecule has 0 amide bonds. The summed E-state index contributed by atoms with van der Waals surface area (Å²) in [5.74, 6) is -3.26. The molecule has 0 saturated carbocycles. The second kappa shape index (κ2) is 12.4. The fourth-order valence-electron chi connectivity index (χ4n) is 5.07. The standard InChI is InChI=1S/C27H32O17/c28-6-16-19(34)21(36)23(38)26(43-16)41-14-4-9(30)3-13-10(14)5-15(25(40-13)8-1-11(31)18(33)12(32)2-8)42-27-24(39)22(37)20(35)17(7-29)44-27/h1-5,13,16-17,19-24,26-39H,6-7H2/p+1/t13?,16-,17-,19-,20-,21+,22+,23-,24-,26-,27+/m1/s1. The van der Waals surface area contributed by atoms with Crippen molar-refractivity contribution in [1.29, 1.82) is 0 Å². The molecule has 5 rings (SSSR count). The lowest BCUT2D eigenvalue weighted by Gasteiger charge is -2.41. The van der Waals surface area contributed by atoms with Crippen LogP contribution < -0.4 is 0 Å². The molecule has 17 nitrogen and oxygen atoms in total. The minimum atomic E-state index is -1.85. The molecule has 3 heterocycles. The van der Waals surface area contributed by atoms with E-state index in [1.54, 1.807) is 0 Å². The van der Waals surface area contributed by atoms with Crippen LogP contribution in [0.25, 0.3) is 5.76 Å². The van der Waals surface area contributed by atoms with E-state index in [2.05, 4.69) is 4.74 Å². The predicted molar refractivity (Wildman–Crippen MR) is 141 cm³/mol. The van der Waals surface area contributed by atoms with E-state index in [4.69, 9.17) is 18.9 Å². The van der Waals surface area contributed by atoms with E-state index in [0.29, 0.717) is 0 Å². The van der Waals surface area contributed by atoms with E-state index in [0.717, 1.165) is 18.2 Å². The third-order valence-corrected chi connectivity index (χ3v) is 7.53. The summed E-state index contributed by atoms with van der Waals surface area (Å²) in [6.07, 6.45) is -14.1. The monoisotopic (exact) mass is 629 g/mol. The molecule has 1 aromatic carbocycles. The Bertz CT molecular complexity index is 1340. The van der Waals surface area contributed by atoms with Crippen LogP contribution in [0.2, 0.25) is 0 Å². The number of phenolic OH excluding ortho intramolecular Hbond substituents is 3. The Hall–Kier alpha value is -3.62. The van der Waals surface area contributed by atoms with E-state index >= 15 is 0 Å². The normalized spacial score (nSPS) is 37.3. The van der Waals surface area contributed by atoms with Crippen molar-refractivity contribution in [1.82, 2.24) is 0 Å². The lowest BCUT2D eigenvalue weighted by Crippen LogP contribution is -2.59. The molecule has 242 valence electrons. The average Bonchev–Trinajstić information content (AvgIpc) is 2.99. The highest BCUT2D eigenvalue weighted by Gasteiger charge is 2.48. The minimum absolute atomic E-state index is 0.0356. The van der Waals surface area contributed by atoms with Crippen LogP contribution in [-0.2, 0) is 18.9 Å². The van der Waals surface area contributed by atoms with Crippen molar-refractivity contribution < 1.29 is 85.0 Å². The van der Waals surface area contributed by atoms with Gasteiger partial charge in [-0.05, 0) is 0 Å². The molecule has 2 saturated heterocycles. The van der Waals surface area contributed by atoms with Crippen LogP contribution in [0.3, 0.4) is 0 Å². The molecule has 4 aliphatic rings. The fraction of sp³-hybridized carbons (Fsp3) is 0.481. The third kappa shape index (κ3) is 5.77. The van der Waals surface area contributed by atoms with E-state index in [-0.39, 0.29) is 34.2 Å².